The van der Waals surface area contributed by atoms with Gasteiger partial charge in [-0.05, 0) is 41.5 Å². The number of aromatic nitrogens is 2. The average Bonchev–Trinajstić information content (AvgIpc) is 2.77. The lowest BCUT2D eigenvalue weighted by Gasteiger charge is -2.23. The van der Waals surface area contributed by atoms with Gasteiger partial charge in [0.1, 0.15) is 0 Å². The van der Waals surface area contributed by atoms with Crippen molar-refractivity contribution in [1.29, 1.82) is 0 Å². The maximum atomic E-state index is 4.77. The number of rotatable bonds is 5. The summed E-state index contributed by atoms with van der Waals surface area (Å²) >= 11 is 0. The number of benzene rings is 2. The van der Waals surface area contributed by atoms with Crippen LogP contribution in [0.1, 0.15) is 11.3 Å². The number of nitrogens with one attached hydrogen (secondary N) is 1. The molecule has 3 aromatic rings. The third-order valence-corrected chi connectivity index (χ3v) is 4.55. The van der Waals surface area contributed by atoms with Crippen molar-refractivity contribution in [2.45, 2.75) is 0 Å². The smallest absolute Gasteiger partial charge is 0.227 e. The standard InChI is InChI=1S/C24H21N5/c1-18(19-10-5-3-6-11-19)23(22-14-9-16-26-29(22)2)21-15-17-25-24(28-21)27-20-12-7-4-8-13-20/h3-17H,1H2,2H3,(H,25,27,28)/b23-22+. The molecule has 0 saturated carbocycles. The molecule has 1 N–H and O–H groups in total. The maximum absolute atomic E-state index is 4.77. The molecule has 1 aromatic heterocycles. The van der Waals surface area contributed by atoms with Gasteiger partial charge in [0, 0.05) is 30.7 Å². The minimum Gasteiger partial charge on any atom is -0.324 e. The van der Waals surface area contributed by atoms with Crippen molar-refractivity contribution in [3.8, 4) is 0 Å². The van der Waals surface area contributed by atoms with E-state index in [4.69, 9.17) is 4.98 Å². The molecule has 0 unspecified atom stereocenters. The number of hydrogen-bond donors (Lipinski definition) is 1. The van der Waals surface area contributed by atoms with E-state index < -0.39 is 0 Å². The third kappa shape index (κ3) is 4.14. The molecule has 1 aliphatic rings. The van der Waals surface area contributed by atoms with Crippen molar-refractivity contribution < 1.29 is 0 Å². The zero-order chi connectivity index (χ0) is 20.1. The number of hydrazone groups is 1. The first-order chi connectivity index (χ1) is 14.2. The second kappa shape index (κ2) is 8.35. The van der Waals surface area contributed by atoms with Crippen molar-refractivity contribution in [2.24, 2.45) is 5.10 Å². The first kappa shape index (κ1) is 18.4. The SMILES string of the molecule is C=C(/C(=C1/C=CC=NN1C)c1ccnc(Nc2ccccc2)n1)c1ccccc1. The average molecular weight is 379 g/mol. The Hall–Kier alpha value is -3.99. The van der Waals surface area contributed by atoms with Crippen molar-refractivity contribution in [3.63, 3.8) is 0 Å². The molecule has 0 aliphatic carbocycles. The fourth-order valence-electron chi connectivity index (χ4n) is 3.12. The zero-order valence-electron chi connectivity index (χ0n) is 16.2. The Morgan fingerprint density at radius 2 is 1.69 bits per heavy atom. The summed E-state index contributed by atoms with van der Waals surface area (Å²) in [5.41, 5.74) is 5.44. The Kier molecular flexibility index (Phi) is 5.29. The molecule has 5 heteroatoms. The van der Waals surface area contributed by atoms with Crippen LogP contribution in [0.3, 0.4) is 0 Å². The summed E-state index contributed by atoms with van der Waals surface area (Å²) in [7, 11) is 1.91. The predicted molar refractivity (Wildman–Crippen MR) is 120 cm³/mol. The summed E-state index contributed by atoms with van der Waals surface area (Å²) in [6.45, 7) is 4.37. The van der Waals surface area contributed by atoms with Gasteiger partial charge < -0.3 is 5.32 Å². The number of anilines is 2. The van der Waals surface area contributed by atoms with Crippen LogP contribution in [-0.2, 0) is 0 Å². The zero-order valence-corrected chi connectivity index (χ0v) is 16.2. The van der Waals surface area contributed by atoms with Crippen LogP contribution in [0, 0.1) is 0 Å². The van der Waals surface area contributed by atoms with Gasteiger partial charge >= 0.3 is 0 Å². The Morgan fingerprint density at radius 1 is 0.966 bits per heavy atom. The topological polar surface area (TPSA) is 53.4 Å². The Morgan fingerprint density at radius 3 is 2.41 bits per heavy atom. The van der Waals surface area contributed by atoms with Gasteiger partial charge in [-0.25, -0.2) is 9.97 Å². The summed E-state index contributed by atoms with van der Waals surface area (Å²) in [6.07, 6.45) is 7.44. The van der Waals surface area contributed by atoms with Gasteiger partial charge in [0.05, 0.1) is 11.4 Å². The van der Waals surface area contributed by atoms with Crippen LogP contribution in [0.15, 0.2) is 102 Å². The molecule has 142 valence electrons. The third-order valence-electron chi connectivity index (χ3n) is 4.55. The lowest BCUT2D eigenvalue weighted by molar-refractivity contribution is 0.463. The summed E-state index contributed by atoms with van der Waals surface area (Å²) < 4.78 is 0. The summed E-state index contributed by atoms with van der Waals surface area (Å²) in [6, 6.07) is 21.8. The molecule has 2 aromatic carbocycles. The van der Waals surface area contributed by atoms with E-state index in [9.17, 15) is 0 Å². The molecular formula is C24H21N5. The minimum absolute atomic E-state index is 0.526. The van der Waals surface area contributed by atoms with E-state index in [0.29, 0.717) is 5.95 Å². The number of nitrogens with zero attached hydrogens (tertiary/aromatic N) is 4. The lowest BCUT2D eigenvalue weighted by atomic mass is 9.94. The first-order valence-corrected chi connectivity index (χ1v) is 9.31. The van der Waals surface area contributed by atoms with E-state index in [1.54, 1.807) is 12.4 Å². The van der Waals surface area contributed by atoms with Gasteiger partial charge in [-0.15, -0.1) is 0 Å². The monoisotopic (exact) mass is 379 g/mol. The fourth-order valence-corrected chi connectivity index (χ4v) is 3.12. The molecule has 1 aliphatic heterocycles. The van der Waals surface area contributed by atoms with Crippen LogP contribution in [-0.4, -0.2) is 28.2 Å². The Balaban J connectivity index is 1.79. The van der Waals surface area contributed by atoms with E-state index >= 15 is 0 Å². The van der Waals surface area contributed by atoms with Crippen molar-refractivity contribution >= 4 is 29.0 Å². The molecule has 0 atom stereocenters. The Bertz CT molecular complexity index is 1100. The fraction of sp³-hybridized carbons (Fsp3) is 0.0417. The Labute approximate surface area is 170 Å². The normalized spacial score (nSPS) is 14.6. The quantitative estimate of drug-likeness (QED) is 0.667. The van der Waals surface area contributed by atoms with Gasteiger partial charge in [-0.3, -0.25) is 5.01 Å². The molecule has 0 spiro atoms. The van der Waals surface area contributed by atoms with Crippen LogP contribution >= 0.6 is 0 Å². The lowest BCUT2D eigenvalue weighted by Crippen LogP contribution is -2.15. The van der Waals surface area contributed by atoms with E-state index in [0.717, 1.165) is 33.8 Å². The molecule has 0 amide bonds. The van der Waals surface area contributed by atoms with Gasteiger partial charge in [0.2, 0.25) is 5.95 Å². The van der Waals surface area contributed by atoms with Crippen LogP contribution in [0.25, 0.3) is 11.1 Å². The number of likely N-dealkylation sites (N-methyl/N-ethyl adjacent to an activating group) is 1. The summed E-state index contributed by atoms with van der Waals surface area (Å²) in [5.74, 6) is 0.526. The second-order valence-electron chi connectivity index (χ2n) is 6.51. The number of hydrogen-bond acceptors (Lipinski definition) is 5. The van der Waals surface area contributed by atoms with Crippen molar-refractivity contribution in [2.75, 3.05) is 12.4 Å². The van der Waals surface area contributed by atoms with Crippen molar-refractivity contribution in [1.82, 2.24) is 15.0 Å². The van der Waals surface area contributed by atoms with Crippen LogP contribution in [0.2, 0.25) is 0 Å². The number of para-hydroxylation sites is 1. The van der Waals surface area contributed by atoms with Crippen LogP contribution in [0.5, 0.6) is 0 Å². The molecule has 5 nitrogen and oxygen atoms in total. The highest BCUT2D eigenvalue weighted by Crippen LogP contribution is 2.34. The number of allylic oxidation sites excluding steroid dienone is 4. The van der Waals surface area contributed by atoms with E-state index in [1.165, 1.54) is 0 Å². The predicted octanol–water partition coefficient (Wildman–Crippen LogP) is 5.13. The van der Waals surface area contributed by atoms with E-state index in [1.807, 2.05) is 90.9 Å². The largest absolute Gasteiger partial charge is 0.324 e. The maximum Gasteiger partial charge on any atom is 0.227 e. The molecular weight excluding hydrogens is 358 g/mol. The first-order valence-electron chi connectivity index (χ1n) is 9.31. The highest BCUT2D eigenvalue weighted by atomic mass is 15.4. The molecule has 29 heavy (non-hydrogen) atoms. The van der Waals surface area contributed by atoms with Crippen LogP contribution < -0.4 is 5.32 Å². The van der Waals surface area contributed by atoms with Crippen LogP contribution in [0.4, 0.5) is 11.6 Å². The van der Waals surface area contributed by atoms with E-state index in [-0.39, 0.29) is 0 Å². The highest BCUT2D eigenvalue weighted by molar-refractivity contribution is 6.05. The molecule has 0 bridgehead atoms. The van der Waals surface area contributed by atoms with E-state index in [2.05, 4.69) is 22.0 Å². The van der Waals surface area contributed by atoms with Gasteiger partial charge in [-0.2, -0.15) is 5.10 Å². The summed E-state index contributed by atoms with van der Waals surface area (Å²) in [4.78, 5) is 9.15. The summed E-state index contributed by atoms with van der Waals surface area (Å²) in [5, 5.41) is 9.47. The van der Waals surface area contributed by atoms with Gasteiger partial charge in [-0.1, -0.05) is 55.1 Å². The molecule has 2 heterocycles. The molecule has 0 fully saturated rings. The van der Waals surface area contributed by atoms with Gasteiger partial charge in [0.15, 0.2) is 0 Å². The minimum atomic E-state index is 0.526. The molecule has 0 saturated heterocycles. The molecule has 4 rings (SSSR count). The van der Waals surface area contributed by atoms with Crippen molar-refractivity contribution in [3.05, 3.63) is 109 Å². The second-order valence-corrected chi connectivity index (χ2v) is 6.51. The van der Waals surface area contributed by atoms with Gasteiger partial charge in [0.25, 0.3) is 0 Å². The molecule has 0 radical (unpaired) electrons. The highest BCUT2D eigenvalue weighted by Gasteiger charge is 2.18.